The van der Waals surface area contributed by atoms with Crippen LogP contribution >= 0.6 is 0 Å². The molecule has 0 N–H and O–H groups in total. The van der Waals surface area contributed by atoms with Crippen molar-refractivity contribution in [3.8, 4) is 0 Å². The maximum absolute atomic E-state index is 12.1. The van der Waals surface area contributed by atoms with Crippen LogP contribution in [0.4, 0.5) is 0 Å². The SMILES string of the molecule is CC(C)CCCCOC(=O)C1CCC(C(=O)OC(C)(C)C)CC1. The van der Waals surface area contributed by atoms with E-state index in [1.807, 2.05) is 20.8 Å². The Bertz CT molecular complexity index is 373. The molecule has 1 aliphatic carbocycles. The molecule has 4 heteroatoms. The van der Waals surface area contributed by atoms with Crippen LogP contribution in [0.25, 0.3) is 0 Å². The third-order valence-electron chi connectivity index (χ3n) is 4.22. The van der Waals surface area contributed by atoms with Gasteiger partial charge in [-0.1, -0.05) is 20.3 Å². The second-order valence-corrected chi connectivity index (χ2v) is 8.14. The lowest BCUT2D eigenvalue weighted by atomic mass is 9.82. The van der Waals surface area contributed by atoms with Gasteiger partial charge in [-0.25, -0.2) is 0 Å². The van der Waals surface area contributed by atoms with Crippen molar-refractivity contribution in [3.05, 3.63) is 0 Å². The number of ether oxygens (including phenoxy) is 2. The van der Waals surface area contributed by atoms with Gasteiger partial charge in [0, 0.05) is 0 Å². The molecule has 0 aliphatic heterocycles. The Morgan fingerprint density at radius 1 is 0.957 bits per heavy atom. The molecular formula is C19H34O4. The third-order valence-corrected chi connectivity index (χ3v) is 4.22. The standard InChI is InChI=1S/C19H34O4/c1-14(2)8-6-7-13-22-17(20)15-9-11-16(12-10-15)18(21)23-19(3,4)5/h14-16H,6-13H2,1-5H3. The monoisotopic (exact) mass is 326 g/mol. The van der Waals surface area contributed by atoms with E-state index in [4.69, 9.17) is 9.47 Å². The predicted octanol–water partition coefficient (Wildman–Crippen LogP) is 4.50. The molecular weight excluding hydrogens is 292 g/mol. The highest BCUT2D eigenvalue weighted by atomic mass is 16.6. The molecule has 1 saturated carbocycles. The van der Waals surface area contributed by atoms with Crippen LogP contribution in [0.15, 0.2) is 0 Å². The molecule has 0 atom stereocenters. The second kappa shape index (κ2) is 9.29. The van der Waals surface area contributed by atoms with Crippen LogP contribution in [0.1, 0.15) is 79.6 Å². The summed E-state index contributed by atoms with van der Waals surface area (Å²) in [5, 5.41) is 0. The van der Waals surface area contributed by atoms with Gasteiger partial charge in [0.15, 0.2) is 0 Å². The fourth-order valence-electron chi connectivity index (χ4n) is 2.90. The second-order valence-electron chi connectivity index (χ2n) is 8.14. The van der Waals surface area contributed by atoms with E-state index in [-0.39, 0.29) is 23.8 Å². The number of hydrogen-bond donors (Lipinski definition) is 0. The van der Waals surface area contributed by atoms with Gasteiger partial charge in [0.25, 0.3) is 0 Å². The highest BCUT2D eigenvalue weighted by Gasteiger charge is 2.33. The van der Waals surface area contributed by atoms with Gasteiger partial charge in [-0.15, -0.1) is 0 Å². The number of carbonyl (C=O) groups is 2. The van der Waals surface area contributed by atoms with Gasteiger partial charge >= 0.3 is 11.9 Å². The van der Waals surface area contributed by atoms with Crippen molar-refractivity contribution in [1.82, 2.24) is 0 Å². The molecule has 0 aromatic heterocycles. The molecule has 134 valence electrons. The topological polar surface area (TPSA) is 52.6 Å². The molecule has 0 unspecified atom stereocenters. The van der Waals surface area contributed by atoms with Gasteiger partial charge in [-0.05, 0) is 65.2 Å². The lowest BCUT2D eigenvalue weighted by Gasteiger charge is -2.28. The highest BCUT2D eigenvalue weighted by Crippen LogP contribution is 2.31. The van der Waals surface area contributed by atoms with Gasteiger partial charge in [0.05, 0.1) is 18.4 Å². The summed E-state index contributed by atoms with van der Waals surface area (Å²) in [7, 11) is 0. The molecule has 0 heterocycles. The summed E-state index contributed by atoms with van der Waals surface area (Å²) in [6, 6.07) is 0. The van der Waals surface area contributed by atoms with Crippen molar-refractivity contribution in [2.24, 2.45) is 17.8 Å². The van der Waals surface area contributed by atoms with Crippen LogP contribution < -0.4 is 0 Å². The Morgan fingerprint density at radius 3 is 1.96 bits per heavy atom. The Hall–Kier alpha value is -1.06. The van der Waals surface area contributed by atoms with Gasteiger partial charge in [0.2, 0.25) is 0 Å². The van der Waals surface area contributed by atoms with Crippen molar-refractivity contribution >= 4 is 11.9 Å². The largest absolute Gasteiger partial charge is 0.465 e. The first-order valence-corrected chi connectivity index (χ1v) is 9.08. The summed E-state index contributed by atoms with van der Waals surface area (Å²) in [5.74, 6) is 0.382. The van der Waals surface area contributed by atoms with Crippen molar-refractivity contribution < 1.29 is 19.1 Å². The molecule has 0 amide bonds. The summed E-state index contributed by atoms with van der Waals surface area (Å²) in [6.45, 7) is 10.6. The van der Waals surface area contributed by atoms with Crippen LogP contribution in [0.3, 0.4) is 0 Å². The molecule has 1 rings (SSSR count). The molecule has 0 radical (unpaired) electrons. The van der Waals surface area contributed by atoms with E-state index in [9.17, 15) is 9.59 Å². The van der Waals surface area contributed by atoms with Crippen LogP contribution in [-0.2, 0) is 19.1 Å². The molecule has 0 spiro atoms. The minimum absolute atomic E-state index is 0.0428. The lowest BCUT2D eigenvalue weighted by molar-refractivity contribution is -0.163. The molecule has 1 aliphatic rings. The average molecular weight is 326 g/mol. The van der Waals surface area contributed by atoms with Crippen LogP contribution in [-0.4, -0.2) is 24.1 Å². The number of unbranched alkanes of at least 4 members (excludes halogenated alkanes) is 1. The molecule has 23 heavy (non-hydrogen) atoms. The summed E-state index contributed by atoms with van der Waals surface area (Å²) in [6.07, 6.45) is 6.14. The molecule has 0 saturated heterocycles. The van der Waals surface area contributed by atoms with E-state index in [0.717, 1.165) is 38.5 Å². The van der Waals surface area contributed by atoms with Gasteiger partial charge in [0.1, 0.15) is 5.60 Å². The first-order valence-electron chi connectivity index (χ1n) is 9.08. The van der Waals surface area contributed by atoms with E-state index in [1.165, 1.54) is 6.42 Å². The quantitative estimate of drug-likeness (QED) is 0.510. The van der Waals surface area contributed by atoms with Gasteiger partial charge in [-0.2, -0.15) is 0 Å². The number of carbonyl (C=O) groups excluding carboxylic acids is 2. The maximum Gasteiger partial charge on any atom is 0.309 e. The number of esters is 2. The van der Waals surface area contributed by atoms with E-state index < -0.39 is 5.60 Å². The van der Waals surface area contributed by atoms with Crippen LogP contribution in [0.5, 0.6) is 0 Å². The summed E-state index contributed by atoms with van der Waals surface area (Å²) < 4.78 is 10.8. The zero-order valence-corrected chi connectivity index (χ0v) is 15.5. The summed E-state index contributed by atoms with van der Waals surface area (Å²) in [5.41, 5.74) is -0.442. The molecule has 0 aromatic rings. The van der Waals surface area contributed by atoms with E-state index in [2.05, 4.69) is 13.8 Å². The molecule has 1 fully saturated rings. The number of rotatable bonds is 7. The summed E-state index contributed by atoms with van der Waals surface area (Å²) >= 11 is 0. The minimum atomic E-state index is -0.442. The van der Waals surface area contributed by atoms with Crippen LogP contribution in [0, 0.1) is 17.8 Å². The Balaban J connectivity index is 2.22. The summed E-state index contributed by atoms with van der Waals surface area (Å²) in [4.78, 5) is 24.1. The fourth-order valence-corrected chi connectivity index (χ4v) is 2.90. The zero-order chi connectivity index (χ0) is 17.5. The predicted molar refractivity (Wildman–Crippen MR) is 90.9 cm³/mol. The lowest BCUT2D eigenvalue weighted by Crippen LogP contribution is -2.32. The van der Waals surface area contributed by atoms with Crippen molar-refractivity contribution in [3.63, 3.8) is 0 Å². The van der Waals surface area contributed by atoms with Crippen LogP contribution in [0.2, 0.25) is 0 Å². The van der Waals surface area contributed by atoms with E-state index in [0.29, 0.717) is 12.5 Å². The Kier molecular flexibility index (Phi) is 8.07. The van der Waals surface area contributed by atoms with Crippen molar-refractivity contribution in [2.75, 3.05) is 6.61 Å². The smallest absolute Gasteiger partial charge is 0.309 e. The minimum Gasteiger partial charge on any atom is -0.465 e. The normalized spacial score (nSPS) is 22.0. The third kappa shape index (κ3) is 8.38. The molecule has 4 nitrogen and oxygen atoms in total. The van der Waals surface area contributed by atoms with Gasteiger partial charge < -0.3 is 9.47 Å². The first kappa shape index (κ1) is 20.0. The Labute approximate surface area is 141 Å². The zero-order valence-electron chi connectivity index (χ0n) is 15.5. The molecule has 0 bridgehead atoms. The Morgan fingerprint density at radius 2 is 1.48 bits per heavy atom. The highest BCUT2D eigenvalue weighted by molar-refractivity contribution is 5.75. The average Bonchev–Trinajstić information content (AvgIpc) is 2.44. The van der Waals surface area contributed by atoms with Crippen molar-refractivity contribution in [2.45, 2.75) is 85.2 Å². The number of hydrogen-bond acceptors (Lipinski definition) is 4. The van der Waals surface area contributed by atoms with E-state index >= 15 is 0 Å². The maximum atomic E-state index is 12.1. The van der Waals surface area contributed by atoms with Crippen molar-refractivity contribution in [1.29, 1.82) is 0 Å². The van der Waals surface area contributed by atoms with E-state index in [1.54, 1.807) is 0 Å². The molecule has 0 aromatic carbocycles. The fraction of sp³-hybridized carbons (Fsp3) is 0.895. The first-order chi connectivity index (χ1) is 10.7. The van der Waals surface area contributed by atoms with Gasteiger partial charge in [-0.3, -0.25) is 9.59 Å².